The van der Waals surface area contributed by atoms with Crippen molar-refractivity contribution >= 4 is 34.1 Å². The fourth-order valence-electron chi connectivity index (χ4n) is 3.67. The van der Waals surface area contributed by atoms with Crippen LogP contribution >= 0.6 is 0 Å². The molecule has 0 aliphatic rings. The van der Waals surface area contributed by atoms with Gasteiger partial charge in [0.1, 0.15) is 5.75 Å². The second-order valence-corrected chi connectivity index (χ2v) is 6.70. The van der Waals surface area contributed by atoms with Crippen LogP contribution in [0.15, 0.2) is 60.7 Å². The number of carbonyl (C=O) groups excluding carboxylic acids is 1. The van der Waals surface area contributed by atoms with Crippen molar-refractivity contribution in [2.75, 3.05) is 6.61 Å². The average Bonchev–Trinajstić information content (AvgIpc) is 3.02. The molecule has 3 aromatic carbocycles. The standard InChI is InChI=1S/C23H19NO4/c1-15-6-2-3-7-16(15)12-24-18-9-4-8-17(13-25)22(18)23-19(24)10-5-11-20(23)28-14-21(26)27/h2-11,13H,12,14H2,1H3,(H,26,27). The normalized spacial score (nSPS) is 11.0. The predicted molar refractivity (Wildman–Crippen MR) is 108 cm³/mol. The zero-order valence-corrected chi connectivity index (χ0v) is 15.4. The third kappa shape index (κ3) is 3.01. The van der Waals surface area contributed by atoms with Crippen molar-refractivity contribution in [1.29, 1.82) is 0 Å². The molecule has 0 amide bonds. The molecule has 0 atom stereocenters. The van der Waals surface area contributed by atoms with Crippen LogP contribution in [-0.2, 0) is 11.3 Å². The highest BCUT2D eigenvalue weighted by atomic mass is 16.5. The van der Waals surface area contributed by atoms with Gasteiger partial charge in [-0.15, -0.1) is 0 Å². The number of aliphatic carboxylic acids is 1. The Kier molecular flexibility index (Phi) is 4.57. The number of fused-ring (bicyclic) bond motifs is 3. The molecule has 28 heavy (non-hydrogen) atoms. The quantitative estimate of drug-likeness (QED) is 0.508. The van der Waals surface area contributed by atoms with E-state index in [1.807, 2.05) is 36.4 Å². The summed E-state index contributed by atoms with van der Waals surface area (Å²) in [5, 5.41) is 10.5. The lowest BCUT2D eigenvalue weighted by molar-refractivity contribution is -0.139. The van der Waals surface area contributed by atoms with Crippen LogP contribution < -0.4 is 4.74 Å². The first-order valence-electron chi connectivity index (χ1n) is 8.98. The molecule has 0 spiro atoms. The second-order valence-electron chi connectivity index (χ2n) is 6.70. The number of hydrogen-bond donors (Lipinski definition) is 1. The molecule has 1 aromatic heterocycles. The molecule has 5 nitrogen and oxygen atoms in total. The summed E-state index contributed by atoms with van der Waals surface area (Å²) >= 11 is 0. The van der Waals surface area contributed by atoms with Gasteiger partial charge in [0, 0.05) is 17.5 Å². The fraction of sp³-hybridized carbons (Fsp3) is 0.130. The van der Waals surface area contributed by atoms with Gasteiger partial charge in [-0.3, -0.25) is 4.79 Å². The van der Waals surface area contributed by atoms with E-state index >= 15 is 0 Å². The Labute approximate surface area is 161 Å². The van der Waals surface area contributed by atoms with Gasteiger partial charge >= 0.3 is 5.97 Å². The number of aromatic nitrogens is 1. The van der Waals surface area contributed by atoms with E-state index in [2.05, 4.69) is 23.6 Å². The molecule has 4 aromatic rings. The van der Waals surface area contributed by atoms with E-state index in [0.29, 0.717) is 17.9 Å². The third-order valence-corrected chi connectivity index (χ3v) is 4.98. The summed E-state index contributed by atoms with van der Waals surface area (Å²) in [6, 6.07) is 19.3. The first kappa shape index (κ1) is 17.8. The minimum Gasteiger partial charge on any atom is -0.481 e. The fourth-order valence-corrected chi connectivity index (χ4v) is 3.67. The van der Waals surface area contributed by atoms with Crippen molar-refractivity contribution in [1.82, 2.24) is 4.57 Å². The van der Waals surface area contributed by atoms with Crippen LogP contribution in [0.5, 0.6) is 5.75 Å². The smallest absolute Gasteiger partial charge is 0.341 e. The molecule has 4 rings (SSSR count). The molecule has 1 N–H and O–H groups in total. The van der Waals surface area contributed by atoms with Crippen molar-refractivity contribution in [2.24, 2.45) is 0 Å². The molecule has 0 aliphatic heterocycles. The van der Waals surface area contributed by atoms with Crippen molar-refractivity contribution in [2.45, 2.75) is 13.5 Å². The summed E-state index contributed by atoms with van der Waals surface area (Å²) in [4.78, 5) is 22.7. The Bertz CT molecular complexity index is 1210. The lowest BCUT2D eigenvalue weighted by atomic mass is 10.1. The van der Waals surface area contributed by atoms with E-state index in [4.69, 9.17) is 9.84 Å². The maximum Gasteiger partial charge on any atom is 0.341 e. The molecule has 0 aliphatic carbocycles. The molecule has 0 radical (unpaired) electrons. The first-order valence-corrected chi connectivity index (χ1v) is 8.98. The molecule has 0 fully saturated rings. The molecular formula is C23H19NO4. The molecule has 5 heteroatoms. The highest BCUT2D eigenvalue weighted by molar-refractivity contribution is 6.17. The average molecular weight is 373 g/mol. The largest absolute Gasteiger partial charge is 0.481 e. The van der Waals surface area contributed by atoms with Crippen LogP contribution in [0.2, 0.25) is 0 Å². The van der Waals surface area contributed by atoms with Gasteiger partial charge in [-0.05, 0) is 36.2 Å². The number of rotatable bonds is 6. The highest BCUT2D eigenvalue weighted by Gasteiger charge is 2.18. The number of nitrogens with zero attached hydrogens (tertiary/aromatic N) is 1. The van der Waals surface area contributed by atoms with Gasteiger partial charge in [0.05, 0.1) is 16.4 Å². The molecule has 140 valence electrons. The number of ether oxygens (including phenoxy) is 1. The molecule has 1 heterocycles. The van der Waals surface area contributed by atoms with E-state index in [1.165, 1.54) is 11.1 Å². The van der Waals surface area contributed by atoms with Gasteiger partial charge in [0.15, 0.2) is 12.9 Å². The number of benzene rings is 3. The number of aryl methyl sites for hydroxylation is 1. The van der Waals surface area contributed by atoms with Gasteiger partial charge in [-0.1, -0.05) is 42.5 Å². The van der Waals surface area contributed by atoms with E-state index in [0.717, 1.165) is 28.1 Å². The number of aldehydes is 1. The minimum absolute atomic E-state index is 0.438. The molecule has 0 saturated carbocycles. The van der Waals surface area contributed by atoms with E-state index in [-0.39, 0.29) is 0 Å². The zero-order valence-electron chi connectivity index (χ0n) is 15.4. The number of hydrogen-bond acceptors (Lipinski definition) is 3. The summed E-state index contributed by atoms with van der Waals surface area (Å²) in [7, 11) is 0. The first-order chi connectivity index (χ1) is 13.6. The summed E-state index contributed by atoms with van der Waals surface area (Å²) in [5.41, 5.74) is 4.72. The maximum absolute atomic E-state index is 11.7. The Morgan fingerprint density at radius 2 is 1.71 bits per heavy atom. The van der Waals surface area contributed by atoms with E-state index < -0.39 is 12.6 Å². The van der Waals surface area contributed by atoms with Crippen LogP contribution in [0.3, 0.4) is 0 Å². The SMILES string of the molecule is Cc1ccccc1Cn1c2cccc(C=O)c2c2c(OCC(=O)O)cccc21. The van der Waals surface area contributed by atoms with Crippen LogP contribution in [0.4, 0.5) is 0 Å². The third-order valence-electron chi connectivity index (χ3n) is 4.98. The van der Waals surface area contributed by atoms with Crippen molar-refractivity contribution < 1.29 is 19.4 Å². The summed E-state index contributed by atoms with van der Waals surface area (Å²) in [6.07, 6.45) is 0.827. The summed E-state index contributed by atoms with van der Waals surface area (Å²) in [5.74, 6) is -0.584. The van der Waals surface area contributed by atoms with Crippen LogP contribution in [0.1, 0.15) is 21.5 Å². The Morgan fingerprint density at radius 3 is 2.43 bits per heavy atom. The van der Waals surface area contributed by atoms with Crippen molar-refractivity contribution in [3.63, 3.8) is 0 Å². The summed E-state index contributed by atoms with van der Waals surface area (Å²) < 4.78 is 7.69. The Hall–Kier alpha value is -3.60. The van der Waals surface area contributed by atoms with Gasteiger partial charge in [-0.2, -0.15) is 0 Å². The Balaban J connectivity index is 2.01. The lowest BCUT2D eigenvalue weighted by Gasteiger charge is -2.11. The topological polar surface area (TPSA) is 68.5 Å². The van der Waals surface area contributed by atoms with Gasteiger partial charge in [-0.25, -0.2) is 4.79 Å². The van der Waals surface area contributed by atoms with E-state index in [9.17, 15) is 9.59 Å². The monoisotopic (exact) mass is 373 g/mol. The predicted octanol–water partition coefficient (Wildman–Crippen LogP) is 4.43. The van der Waals surface area contributed by atoms with Gasteiger partial charge < -0.3 is 14.4 Å². The molecule has 0 unspecified atom stereocenters. The Morgan fingerprint density at radius 1 is 1.00 bits per heavy atom. The molecule has 0 bridgehead atoms. The second kappa shape index (κ2) is 7.19. The van der Waals surface area contributed by atoms with Gasteiger partial charge in [0.2, 0.25) is 0 Å². The highest BCUT2D eigenvalue weighted by Crippen LogP contribution is 2.37. The minimum atomic E-state index is -1.05. The van der Waals surface area contributed by atoms with Crippen molar-refractivity contribution in [3.8, 4) is 5.75 Å². The van der Waals surface area contributed by atoms with Crippen LogP contribution in [0.25, 0.3) is 21.8 Å². The van der Waals surface area contributed by atoms with Crippen LogP contribution in [-0.4, -0.2) is 28.5 Å². The zero-order chi connectivity index (χ0) is 19.7. The van der Waals surface area contributed by atoms with Crippen molar-refractivity contribution in [3.05, 3.63) is 77.4 Å². The van der Waals surface area contributed by atoms with Gasteiger partial charge in [0.25, 0.3) is 0 Å². The lowest BCUT2D eigenvalue weighted by Crippen LogP contribution is -2.09. The maximum atomic E-state index is 11.7. The van der Waals surface area contributed by atoms with E-state index in [1.54, 1.807) is 12.1 Å². The molecule has 0 saturated heterocycles. The van der Waals surface area contributed by atoms with Crippen LogP contribution in [0, 0.1) is 6.92 Å². The molecular weight excluding hydrogens is 354 g/mol. The number of carboxylic acids is 1. The number of carboxylic acid groups (broad SMARTS) is 1. The summed E-state index contributed by atoms with van der Waals surface area (Å²) in [6.45, 7) is 2.27. The number of carbonyl (C=O) groups is 2.